The zero-order valence-electron chi connectivity index (χ0n) is 8.00. The molecular formula is C11H18O2. The molecule has 0 amide bonds. The Morgan fingerprint density at radius 3 is 2.62 bits per heavy atom. The topological polar surface area (TPSA) is 40.5 Å². The van der Waals surface area contributed by atoms with Gasteiger partial charge in [-0.05, 0) is 43.9 Å². The van der Waals surface area contributed by atoms with Gasteiger partial charge in [0, 0.05) is 5.41 Å². The monoisotopic (exact) mass is 182 g/mol. The van der Waals surface area contributed by atoms with Gasteiger partial charge in [-0.1, -0.05) is 6.42 Å². The predicted molar refractivity (Wildman–Crippen MR) is 49.2 cm³/mol. The van der Waals surface area contributed by atoms with Gasteiger partial charge in [-0.3, -0.25) is 0 Å². The summed E-state index contributed by atoms with van der Waals surface area (Å²) in [6.07, 6.45) is 7.40. The van der Waals surface area contributed by atoms with E-state index in [0.717, 1.165) is 32.1 Å². The van der Waals surface area contributed by atoms with Crippen molar-refractivity contribution in [3.63, 3.8) is 0 Å². The number of hydrogen-bond acceptors (Lipinski definition) is 2. The molecule has 0 spiro atoms. The van der Waals surface area contributed by atoms with Gasteiger partial charge >= 0.3 is 0 Å². The second-order valence-electron chi connectivity index (χ2n) is 5.41. The van der Waals surface area contributed by atoms with E-state index in [4.69, 9.17) is 0 Å². The van der Waals surface area contributed by atoms with Crippen LogP contribution in [0, 0.1) is 10.8 Å². The summed E-state index contributed by atoms with van der Waals surface area (Å²) >= 11 is 0. The van der Waals surface area contributed by atoms with Gasteiger partial charge in [0.15, 0.2) is 0 Å². The molecule has 2 unspecified atom stereocenters. The molecule has 0 aromatic carbocycles. The van der Waals surface area contributed by atoms with Crippen molar-refractivity contribution in [2.45, 2.75) is 57.2 Å². The molecule has 3 fully saturated rings. The molecule has 13 heavy (non-hydrogen) atoms. The molecule has 74 valence electrons. The van der Waals surface area contributed by atoms with Gasteiger partial charge in [0.25, 0.3) is 0 Å². The van der Waals surface area contributed by atoms with Crippen LogP contribution in [-0.4, -0.2) is 22.4 Å². The van der Waals surface area contributed by atoms with E-state index >= 15 is 0 Å². The smallest absolute Gasteiger partial charge is 0.0602 e. The van der Waals surface area contributed by atoms with Crippen molar-refractivity contribution < 1.29 is 10.2 Å². The molecule has 2 nitrogen and oxygen atoms in total. The molecule has 3 aliphatic carbocycles. The van der Waals surface area contributed by atoms with Gasteiger partial charge < -0.3 is 10.2 Å². The molecule has 0 aromatic rings. The largest absolute Gasteiger partial charge is 0.393 e. The highest BCUT2D eigenvalue weighted by atomic mass is 16.3. The first-order chi connectivity index (χ1) is 6.19. The van der Waals surface area contributed by atoms with Gasteiger partial charge in [-0.2, -0.15) is 0 Å². The molecule has 2 heteroatoms. The summed E-state index contributed by atoms with van der Waals surface area (Å²) in [7, 11) is 0. The van der Waals surface area contributed by atoms with Crippen LogP contribution in [0.5, 0.6) is 0 Å². The maximum atomic E-state index is 10.1. The Balaban J connectivity index is 2.05. The van der Waals surface area contributed by atoms with Crippen molar-refractivity contribution in [2.24, 2.45) is 10.8 Å². The van der Waals surface area contributed by atoms with Crippen LogP contribution in [0.2, 0.25) is 0 Å². The van der Waals surface area contributed by atoms with Crippen LogP contribution in [-0.2, 0) is 0 Å². The highest BCUT2D eigenvalue weighted by molar-refractivity contribution is 5.16. The van der Waals surface area contributed by atoms with Crippen LogP contribution in [0.1, 0.15) is 44.9 Å². The fourth-order valence-corrected chi connectivity index (χ4v) is 4.65. The van der Waals surface area contributed by atoms with Gasteiger partial charge in [0.05, 0.1) is 12.2 Å². The standard InChI is InChI=1S/C11H18O2/c12-8-6-10-3-1-4-11(10,7-8)9(13)2-5-10/h8-9,12-13H,1-7H2/t8-,9-,10?,11?/m1/s1. The minimum atomic E-state index is -0.129. The molecule has 3 rings (SSSR count). The summed E-state index contributed by atoms with van der Waals surface area (Å²) < 4.78 is 0. The van der Waals surface area contributed by atoms with Crippen LogP contribution in [0.15, 0.2) is 0 Å². The molecule has 0 saturated heterocycles. The molecule has 0 aromatic heterocycles. The van der Waals surface area contributed by atoms with Crippen molar-refractivity contribution in [2.75, 3.05) is 0 Å². The Morgan fingerprint density at radius 1 is 1.00 bits per heavy atom. The van der Waals surface area contributed by atoms with Crippen LogP contribution in [0.3, 0.4) is 0 Å². The fraction of sp³-hybridized carbons (Fsp3) is 1.00. The summed E-state index contributed by atoms with van der Waals surface area (Å²) in [5.74, 6) is 0. The van der Waals surface area contributed by atoms with Crippen molar-refractivity contribution in [1.82, 2.24) is 0 Å². The first-order valence-corrected chi connectivity index (χ1v) is 5.55. The molecule has 3 saturated carbocycles. The van der Waals surface area contributed by atoms with Gasteiger partial charge in [-0.15, -0.1) is 0 Å². The lowest BCUT2D eigenvalue weighted by Gasteiger charge is -2.35. The summed E-state index contributed by atoms with van der Waals surface area (Å²) in [5.41, 5.74) is 0.470. The third kappa shape index (κ3) is 0.774. The zero-order chi connectivity index (χ0) is 9.10. The van der Waals surface area contributed by atoms with Gasteiger partial charge in [0.1, 0.15) is 0 Å². The molecule has 4 atom stereocenters. The molecule has 0 aliphatic heterocycles. The Kier molecular flexibility index (Phi) is 1.45. The SMILES string of the molecule is O[C@@H]1CC23CCCC2(C1)[C@H](O)CC3. The van der Waals surface area contributed by atoms with Crippen molar-refractivity contribution in [3.8, 4) is 0 Å². The van der Waals surface area contributed by atoms with Gasteiger partial charge in [0.2, 0.25) is 0 Å². The van der Waals surface area contributed by atoms with Crippen molar-refractivity contribution in [3.05, 3.63) is 0 Å². The highest BCUT2D eigenvalue weighted by Gasteiger charge is 2.66. The lowest BCUT2D eigenvalue weighted by atomic mass is 9.70. The number of aliphatic hydroxyl groups is 2. The maximum absolute atomic E-state index is 10.1. The molecule has 0 radical (unpaired) electrons. The van der Waals surface area contributed by atoms with Gasteiger partial charge in [-0.25, -0.2) is 0 Å². The Morgan fingerprint density at radius 2 is 1.85 bits per heavy atom. The minimum absolute atomic E-state index is 0.118. The van der Waals surface area contributed by atoms with E-state index in [9.17, 15) is 10.2 Å². The van der Waals surface area contributed by atoms with E-state index in [1.165, 1.54) is 12.8 Å². The van der Waals surface area contributed by atoms with E-state index in [1.54, 1.807) is 0 Å². The van der Waals surface area contributed by atoms with Crippen molar-refractivity contribution in [1.29, 1.82) is 0 Å². The average Bonchev–Trinajstić information content (AvgIpc) is 2.58. The number of hydrogen-bond donors (Lipinski definition) is 2. The maximum Gasteiger partial charge on any atom is 0.0602 e. The minimum Gasteiger partial charge on any atom is -0.393 e. The predicted octanol–water partition coefficient (Wildman–Crippen LogP) is 1.45. The lowest BCUT2D eigenvalue weighted by molar-refractivity contribution is 0.0128. The first-order valence-electron chi connectivity index (χ1n) is 5.55. The lowest BCUT2D eigenvalue weighted by Crippen LogP contribution is -2.34. The first kappa shape index (κ1) is 8.25. The summed E-state index contributed by atoms with van der Waals surface area (Å²) in [4.78, 5) is 0. The van der Waals surface area contributed by atoms with Crippen LogP contribution < -0.4 is 0 Å². The van der Waals surface area contributed by atoms with Crippen LogP contribution >= 0.6 is 0 Å². The molecule has 3 aliphatic rings. The summed E-state index contributed by atoms with van der Waals surface area (Å²) in [6.45, 7) is 0. The molecule has 0 bridgehead atoms. The quantitative estimate of drug-likeness (QED) is 0.595. The van der Waals surface area contributed by atoms with Crippen LogP contribution in [0.4, 0.5) is 0 Å². The second-order valence-corrected chi connectivity index (χ2v) is 5.41. The number of rotatable bonds is 0. The fourth-order valence-electron chi connectivity index (χ4n) is 4.65. The third-order valence-electron chi connectivity index (χ3n) is 5.09. The van der Waals surface area contributed by atoms with E-state index in [0.29, 0.717) is 5.41 Å². The van der Waals surface area contributed by atoms with E-state index in [2.05, 4.69) is 0 Å². The number of aliphatic hydroxyl groups excluding tert-OH is 2. The second kappa shape index (κ2) is 2.29. The molecule has 2 N–H and O–H groups in total. The normalized spacial score (nSPS) is 59.5. The van der Waals surface area contributed by atoms with Crippen molar-refractivity contribution >= 4 is 0 Å². The summed E-state index contributed by atoms with van der Waals surface area (Å²) in [5, 5.41) is 19.8. The Labute approximate surface area is 79.0 Å². The van der Waals surface area contributed by atoms with E-state index < -0.39 is 0 Å². The average molecular weight is 182 g/mol. The third-order valence-corrected chi connectivity index (χ3v) is 5.09. The highest BCUT2D eigenvalue weighted by Crippen LogP contribution is 2.70. The zero-order valence-corrected chi connectivity index (χ0v) is 8.00. The summed E-state index contributed by atoms with van der Waals surface area (Å²) in [6, 6.07) is 0. The van der Waals surface area contributed by atoms with Crippen LogP contribution in [0.25, 0.3) is 0 Å². The molecular weight excluding hydrogens is 164 g/mol. The Bertz CT molecular complexity index is 240. The Hall–Kier alpha value is -0.0800. The molecule has 0 heterocycles. The van der Waals surface area contributed by atoms with E-state index in [-0.39, 0.29) is 17.6 Å². The van der Waals surface area contributed by atoms with E-state index in [1.807, 2.05) is 0 Å².